The largest absolute Gasteiger partial charge is 0.493 e. The number of amides is 1. The summed E-state index contributed by atoms with van der Waals surface area (Å²) in [6.45, 7) is -0.253. The zero-order chi connectivity index (χ0) is 12.8. The standard InChI is InChI=1S/C10H12ClN3O3/c1-16-8-2-6(4-14-13)7(11)3-9(8)17-5-10(12)15/h2-4H,5,13H2,1H3,(H2,12,15). The Kier molecular flexibility index (Phi) is 4.59. The molecule has 0 heterocycles. The number of rotatable bonds is 5. The second-order valence-electron chi connectivity index (χ2n) is 3.06. The molecule has 0 unspecified atom stereocenters. The van der Waals surface area contributed by atoms with E-state index in [1.165, 1.54) is 19.4 Å². The van der Waals surface area contributed by atoms with Gasteiger partial charge in [0.05, 0.1) is 18.3 Å². The molecule has 0 saturated carbocycles. The second-order valence-corrected chi connectivity index (χ2v) is 3.46. The van der Waals surface area contributed by atoms with Crippen molar-refractivity contribution in [2.45, 2.75) is 0 Å². The number of methoxy groups -OCH3 is 1. The molecule has 0 aliphatic rings. The Balaban J connectivity index is 3.05. The zero-order valence-corrected chi connectivity index (χ0v) is 9.90. The third-order valence-electron chi connectivity index (χ3n) is 1.87. The van der Waals surface area contributed by atoms with Crippen LogP contribution in [-0.2, 0) is 4.79 Å². The molecule has 0 atom stereocenters. The summed E-state index contributed by atoms with van der Waals surface area (Å²) in [6, 6.07) is 3.09. The van der Waals surface area contributed by atoms with Crippen LogP contribution in [0.2, 0.25) is 5.02 Å². The van der Waals surface area contributed by atoms with Gasteiger partial charge in [0, 0.05) is 11.6 Å². The molecule has 0 spiro atoms. The maximum absolute atomic E-state index is 10.6. The van der Waals surface area contributed by atoms with E-state index in [0.29, 0.717) is 22.1 Å². The summed E-state index contributed by atoms with van der Waals surface area (Å²) in [5.74, 6) is 5.18. The average Bonchev–Trinajstić information content (AvgIpc) is 2.29. The van der Waals surface area contributed by atoms with Crippen LogP contribution in [0.25, 0.3) is 0 Å². The minimum atomic E-state index is -0.587. The van der Waals surface area contributed by atoms with Crippen molar-refractivity contribution in [3.05, 3.63) is 22.7 Å². The number of nitrogens with zero attached hydrogens (tertiary/aromatic N) is 1. The highest BCUT2D eigenvalue weighted by atomic mass is 35.5. The number of hydrazone groups is 1. The van der Waals surface area contributed by atoms with Gasteiger partial charge in [-0.2, -0.15) is 5.10 Å². The first-order chi connectivity index (χ1) is 8.08. The van der Waals surface area contributed by atoms with Gasteiger partial charge in [-0.25, -0.2) is 0 Å². The van der Waals surface area contributed by atoms with E-state index in [0.717, 1.165) is 0 Å². The maximum Gasteiger partial charge on any atom is 0.255 e. The lowest BCUT2D eigenvalue weighted by molar-refractivity contribution is -0.119. The predicted octanol–water partition coefficient (Wildman–Crippen LogP) is 0.505. The van der Waals surface area contributed by atoms with Gasteiger partial charge in [0.15, 0.2) is 18.1 Å². The highest BCUT2D eigenvalue weighted by Crippen LogP contribution is 2.32. The molecule has 1 rings (SSSR count). The summed E-state index contributed by atoms with van der Waals surface area (Å²) in [5, 5.41) is 3.74. The molecule has 0 bridgehead atoms. The summed E-state index contributed by atoms with van der Waals surface area (Å²) >= 11 is 5.95. The van der Waals surface area contributed by atoms with Crippen LogP contribution in [0.15, 0.2) is 17.2 Å². The molecule has 0 aromatic heterocycles. The molecule has 7 heteroatoms. The van der Waals surface area contributed by atoms with Crippen LogP contribution in [0.1, 0.15) is 5.56 Å². The average molecular weight is 258 g/mol. The Bertz CT molecular complexity index is 449. The van der Waals surface area contributed by atoms with Crippen LogP contribution >= 0.6 is 11.6 Å². The SMILES string of the molecule is COc1cc(C=NN)c(Cl)cc1OCC(N)=O. The molecule has 0 fully saturated rings. The Morgan fingerprint density at radius 1 is 1.53 bits per heavy atom. The molecule has 0 aliphatic heterocycles. The van der Waals surface area contributed by atoms with Crippen LogP contribution in [0.3, 0.4) is 0 Å². The molecule has 0 aliphatic carbocycles. The normalized spacial score (nSPS) is 10.5. The molecular weight excluding hydrogens is 246 g/mol. The number of primary amides is 1. The van der Waals surface area contributed by atoms with Gasteiger partial charge in [0.1, 0.15) is 0 Å². The van der Waals surface area contributed by atoms with Gasteiger partial charge in [0.25, 0.3) is 5.91 Å². The molecular formula is C10H12ClN3O3. The van der Waals surface area contributed by atoms with Crippen LogP contribution < -0.4 is 21.1 Å². The minimum Gasteiger partial charge on any atom is -0.493 e. The highest BCUT2D eigenvalue weighted by molar-refractivity contribution is 6.33. The molecule has 92 valence electrons. The van der Waals surface area contributed by atoms with Gasteiger partial charge in [0.2, 0.25) is 0 Å². The Labute approximate surface area is 103 Å². The smallest absolute Gasteiger partial charge is 0.255 e. The lowest BCUT2D eigenvalue weighted by Crippen LogP contribution is -2.20. The summed E-state index contributed by atoms with van der Waals surface area (Å²) < 4.78 is 10.2. The minimum absolute atomic E-state index is 0.253. The number of carbonyl (C=O) groups excluding carboxylic acids is 1. The fourth-order valence-electron chi connectivity index (χ4n) is 1.15. The van der Waals surface area contributed by atoms with Crippen molar-refractivity contribution >= 4 is 23.7 Å². The molecule has 17 heavy (non-hydrogen) atoms. The van der Waals surface area contributed by atoms with Gasteiger partial charge in [-0.3, -0.25) is 4.79 Å². The number of nitrogens with two attached hydrogens (primary N) is 2. The van der Waals surface area contributed by atoms with Crippen molar-refractivity contribution in [1.29, 1.82) is 0 Å². The lowest BCUT2D eigenvalue weighted by Gasteiger charge is -2.11. The zero-order valence-electron chi connectivity index (χ0n) is 9.14. The van der Waals surface area contributed by atoms with E-state index in [-0.39, 0.29) is 6.61 Å². The Morgan fingerprint density at radius 2 is 2.24 bits per heavy atom. The van der Waals surface area contributed by atoms with E-state index in [1.54, 1.807) is 6.07 Å². The Hall–Kier alpha value is -1.95. The van der Waals surface area contributed by atoms with Crippen LogP contribution in [0.4, 0.5) is 0 Å². The number of halogens is 1. The van der Waals surface area contributed by atoms with Gasteiger partial charge >= 0.3 is 0 Å². The van der Waals surface area contributed by atoms with E-state index in [1.807, 2.05) is 0 Å². The first-order valence-electron chi connectivity index (χ1n) is 4.60. The lowest BCUT2D eigenvalue weighted by atomic mass is 10.2. The third kappa shape index (κ3) is 3.53. The van der Waals surface area contributed by atoms with Crippen molar-refractivity contribution in [2.75, 3.05) is 13.7 Å². The molecule has 6 nitrogen and oxygen atoms in total. The van der Waals surface area contributed by atoms with E-state index >= 15 is 0 Å². The van der Waals surface area contributed by atoms with Crippen molar-refractivity contribution in [2.24, 2.45) is 16.7 Å². The van der Waals surface area contributed by atoms with Gasteiger partial charge in [-0.1, -0.05) is 11.6 Å². The maximum atomic E-state index is 10.6. The first-order valence-corrected chi connectivity index (χ1v) is 4.98. The van der Waals surface area contributed by atoms with Crippen molar-refractivity contribution in [1.82, 2.24) is 0 Å². The monoisotopic (exact) mass is 257 g/mol. The van der Waals surface area contributed by atoms with Gasteiger partial charge < -0.3 is 21.1 Å². The molecule has 1 aromatic carbocycles. The van der Waals surface area contributed by atoms with Gasteiger partial charge in [-0.15, -0.1) is 0 Å². The number of hydrogen-bond acceptors (Lipinski definition) is 5. The third-order valence-corrected chi connectivity index (χ3v) is 2.19. The number of ether oxygens (including phenoxy) is 2. The van der Waals surface area contributed by atoms with E-state index in [9.17, 15) is 4.79 Å². The molecule has 1 amide bonds. The predicted molar refractivity (Wildman–Crippen MR) is 64.5 cm³/mol. The second kappa shape index (κ2) is 5.95. The fourth-order valence-corrected chi connectivity index (χ4v) is 1.35. The van der Waals surface area contributed by atoms with Crippen molar-refractivity contribution < 1.29 is 14.3 Å². The number of benzene rings is 1. The van der Waals surface area contributed by atoms with E-state index in [2.05, 4.69) is 5.10 Å². The Morgan fingerprint density at radius 3 is 2.76 bits per heavy atom. The van der Waals surface area contributed by atoms with E-state index in [4.69, 9.17) is 32.7 Å². The van der Waals surface area contributed by atoms with Crippen LogP contribution in [-0.4, -0.2) is 25.8 Å². The summed E-state index contributed by atoms with van der Waals surface area (Å²) in [6.07, 6.45) is 1.38. The highest BCUT2D eigenvalue weighted by Gasteiger charge is 2.10. The fraction of sp³-hybridized carbons (Fsp3) is 0.200. The quantitative estimate of drug-likeness (QED) is 0.456. The summed E-state index contributed by atoms with van der Waals surface area (Å²) in [7, 11) is 1.46. The van der Waals surface area contributed by atoms with E-state index < -0.39 is 5.91 Å². The first kappa shape index (κ1) is 13.1. The molecule has 0 saturated heterocycles. The molecule has 0 radical (unpaired) electrons. The van der Waals surface area contributed by atoms with Crippen molar-refractivity contribution in [3.8, 4) is 11.5 Å². The van der Waals surface area contributed by atoms with Gasteiger partial charge in [-0.05, 0) is 6.07 Å². The van der Waals surface area contributed by atoms with Crippen LogP contribution in [0.5, 0.6) is 11.5 Å². The number of carbonyl (C=O) groups is 1. The van der Waals surface area contributed by atoms with Crippen molar-refractivity contribution in [3.63, 3.8) is 0 Å². The summed E-state index contributed by atoms with van der Waals surface area (Å²) in [5.41, 5.74) is 5.55. The molecule has 4 N–H and O–H groups in total. The summed E-state index contributed by atoms with van der Waals surface area (Å²) in [4.78, 5) is 10.6. The number of hydrogen-bond donors (Lipinski definition) is 2. The molecule has 1 aromatic rings. The topological polar surface area (TPSA) is 99.9 Å². The van der Waals surface area contributed by atoms with Crippen LogP contribution in [0, 0.1) is 0 Å².